The summed E-state index contributed by atoms with van der Waals surface area (Å²) in [5, 5.41) is 11.6. The predicted molar refractivity (Wildman–Crippen MR) is 72.3 cm³/mol. The minimum Gasteiger partial charge on any atom is -0.508 e. The molecule has 1 fully saturated rings. The van der Waals surface area contributed by atoms with Gasteiger partial charge in [0.05, 0.1) is 21.6 Å². The maximum Gasteiger partial charge on any atom is 0.252 e. The molecule has 1 saturated heterocycles. The lowest BCUT2D eigenvalue weighted by atomic mass is 10.2. The number of hydrogen-bond acceptors (Lipinski definition) is 4. The average molecular weight is 304 g/mol. The summed E-state index contributed by atoms with van der Waals surface area (Å²) in [7, 11) is -3.08. The molecule has 0 saturated carbocycles. The van der Waals surface area contributed by atoms with Crippen molar-refractivity contribution < 1.29 is 18.3 Å². The molecule has 1 unspecified atom stereocenters. The number of nitrogens with one attached hydrogen (secondary N) is 1. The number of phenols is 1. The van der Waals surface area contributed by atoms with Crippen LogP contribution in [0.15, 0.2) is 18.2 Å². The molecule has 19 heavy (non-hydrogen) atoms. The highest BCUT2D eigenvalue weighted by molar-refractivity contribution is 7.92. The summed E-state index contributed by atoms with van der Waals surface area (Å²) in [6.07, 6.45) is 1.20. The highest BCUT2D eigenvalue weighted by Gasteiger charge is 2.31. The highest BCUT2D eigenvalue weighted by Crippen LogP contribution is 2.22. The molecule has 5 nitrogen and oxygen atoms in total. The Bertz CT molecular complexity index is 600. The Labute approximate surface area is 116 Å². The summed E-state index contributed by atoms with van der Waals surface area (Å²) < 4.78 is 23.2. The fourth-order valence-corrected chi connectivity index (χ4v) is 4.05. The van der Waals surface area contributed by atoms with E-state index in [2.05, 4.69) is 5.32 Å². The van der Waals surface area contributed by atoms with Crippen LogP contribution in [0, 0.1) is 0 Å². The van der Waals surface area contributed by atoms with Crippen molar-refractivity contribution in [3.63, 3.8) is 0 Å². The summed E-state index contributed by atoms with van der Waals surface area (Å²) in [5.74, 6) is -0.369. The summed E-state index contributed by atoms with van der Waals surface area (Å²) in [6.45, 7) is 0.0765. The zero-order valence-corrected chi connectivity index (χ0v) is 11.7. The molecule has 1 amide bonds. The molecule has 1 aliphatic rings. The van der Waals surface area contributed by atoms with Gasteiger partial charge in [-0.2, -0.15) is 0 Å². The smallest absolute Gasteiger partial charge is 0.252 e. The second-order valence-electron chi connectivity index (χ2n) is 4.51. The molecule has 2 N–H and O–H groups in total. The Morgan fingerprint density at radius 1 is 1.47 bits per heavy atom. The molecule has 1 atom stereocenters. The molecule has 0 aliphatic carbocycles. The van der Waals surface area contributed by atoms with E-state index in [1.807, 2.05) is 0 Å². The SMILES string of the molecule is O=C(NCC1CCCS1(=O)=O)c1cc(O)ccc1Cl. The van der Waals surface area contributed by atoms with Crippen molar-refractivity contribution >= 4 is 27.3 Å². The molecule has 0 bridgehead atoms. The van der Waals surface area contributed by atoms with Crippen LogP contribution in [0.1, 0.15) is 23.2 Å². The minimum atomic E-state index is -3.08. The van der Waals surface area contributed by atoms with Crippen LogP contribution in [0.3, 0.4) is 0 Å². The van der Waals surface area contributed by atoms with Crippen molar-refractivity contribution in [3.8, 4) is 5.75 Å². The quantitative estimate of drug-likeness (QED) is 0.883. The molecule has 2 rings (SSSR count). The van der Waals surface area contributed by atoms with E-state index in [9.17, 15) is 18.3 Å². The van der Waals surface area contributed by atoms with Crippen molar-refractivity contribution in [2.75, 3.05) is 12.3 Å². The second-order valence-corrected chi connectivity index (χ2v) is 7.31. The second kappa shape index (κ2) is 5.38. The first-order chi connectivity index (χ1) is 8.90. The first-order valence-electron chi connectivity index (χ1n) is 5.88. The van der Waals surface area contributed by atoms with Crippen LogP contribution in [0.25, 0.3) is 0 Å². The van der Waals surface area contributed by atoms with E-state index in [0.717, 1.165) is 0 Å². The van der Waals surface area contributed by atoms with Gasteiger partial charge >= 0.3 is 0 Å². The Hall–Kier alpha value is -1.27. The standard InChI is InChI=1S/C12H14ClNO4S/c13-11-4-3-8(15)6-10(11)12(16)14-7-9-2-1-5-19(9,17)18/h3-4,6,9,15H,1-2,5,7H2,(H,14,16). The number of benzene rings is 1. The predicted octanol–water partition coefficient (Wildman–Crippen LogP) is 1.35. The van der Waals surface area contributed by atoms with E-state index in [-0.39, 0.29) is 28.6 Å². The van der Waals surface area contributed by atoms with Gasteiger partial charge in [0.25, 0.3) is 5.91 Å². The molecule has 0 radical (unpaired) electrons. The third kappa shape index (κ3) is 3.19. The molecule has 7 heteroatoms. The fraction of sp³-hybridized carbons (Fsp3) is 0.417. The van der Waals surface area contributed by atoms with Crippen LogP contribution in [-0.2, 0) is 9.84 Å². The summed E-state index contributed by atoms with van der Waals surface area (Å²) >= 11 is 5.85. The van der Waals surface area contributed by atoms with Gasteiger partial charge in [-0.15, -0.1) is 0 Å². The Balaban J connectivity index is 2.04. The monoisotopic (exact) mass is 303 g/mol. The van der Waals surface area contributed by atoms with Crippen LogP contribution in [0.4, 0.5) is 0 Å². The molecule has 0 aromatic heterocycles. The Morgan fingerprint density at radius 2 is 2.21 bits per heavy atom. The molecular weight excluding hydrogens is 290 g/mol. The minimum absolute atomic E-state index is 0.0666. The molecule has 1 heterocycles. The van der Waals surface area contributed by atoms with Gasteiger partial charge in [0, 0.05) is 6.54 Å². The van der Waals surface area contributed by atoms with Gasteiger partial charge in [0.15, 0.2) is 9.84 Å². The van der Waals surface area contributed by atoms with Gasteiger partial charge in [-0.25, -0.2) is 8.42 Å². The number of halogens is 1. The molecule has 104 valence electrons. The van der Waals surface area contributed by atoms with Crippen molar-refractivity contribution in [2.24, 2.45) is 0 Å². The Morgan fingerprint density at radius 3 is 2.84 bits per heavy atom. The van der Waals surface area contributed by atoms with E-state index in [4.69, 9.17) is 11.6 Å². The van der Waals surface area contributed by atoms with Crippen molar-refractivity contribution in [1.82, 2.24) is 5.32 Å². The first kappa shape index (κ1) is 14.1. The third-order valence-corrected chi connectivity index (χ3v) is 5.75. The number of hydrogen-bond donors (Lipinski definition) is 2. The number of amides is 1. The number of sulfone groups is 1. The zero-order chi connectivity index (χ0) is 14.0. The zero-order valence-electron chi connectivity index (χ0n) is 10.1. The highest BCUT2D eigenvalue weighted by atomic mass is 35.5. The van der Waals surface area contributed by atoms with Crippen LogP contribution in [0.2, 0.25) is 5.02 Å². The van der Waals surface area contributed by atoms with E-state index >= 15 is 0 Å². The fourth-order valence-electron chi connectivity index (χ4n) is 2.08. The average Bonchev–Trinajstić information content (AvgIpc) is 2.68. The maximum atomic E-state index is 11.9. The van der Waals surface area contributed by atoms with Crippen LogP contribution in [0.5, 0.6) is 5.75 Å². The lowest BCUT2D eigenvalue weighted by molar-refractivity contribution is 0.0953. The summed E-state index contributed by atoms with van der Waals surface area (Å²) in [6, 6.07) is 4.04. The largest absolute Gasteiger partial charge is 0.508 e. The number of carbonyl (C=O) groups excluding carboxylic acids is 1. The number of phenolic OH excluding ortho intramolecular Hbond substituents is 1. The van der Waals surface area contributed by atoms with Gasteiger partial charge in [0.1, 0.15) is 5.75 Å². The van der Waals surface area contributed by atoms with Gasteiger partial charge in [-0.05, 0) is 31.0 Å². The van der Waals surface area contributed by atoms with E-state index in [1.54, 1.807) is 0 Å². The van der Waals surface area contributed by atoms with Crippen LogP contribution < -0.4 is 5.32 Å². The normalized spacial score (nSPS) is 21.2. The molecule has 1 aromatic carbocycles. The third-order valence-electron chi connectivity index (χ3n) is 3.15. The van der Waals surface area contributed by atoms with Gasteiger partial charge in [0.2, 0.25) is 0 Å². The van der Waals surface area contributed by atoms with Crippen molar-refractivity contribution in [2.45, 2.75) is 18.1 Å². The van der Waals surface area contributed by atoms with Gasteiger partial charge in [-0.1, -0.05) is 11.6 Å². The van der Waals surface area contributed by atoms with E-state index < -0.39 is 21.0 Å². The van der Waals surface area contributed by atoms with Crippen LogP contribution in [-0.4, -0.2) is 37.0 Å². The van der Waals surface area contributed by atoms with Gasteiger partial charge in [-0.3, -0.25) is 4.79 Å². The Kier molecular flexibility index (Phi) is 4.01. The number of rotatable bonds is 3. The first-order valence-corrected chi connectivity index (χ1v) is 7.98. The van der Waals surface area contributed by atoms with E-state index in [1.165, 1.54) is 18.2 Å². The van der Waals surface area contributed by atoms with Gasteiger partial charge < -0.3 is 10.4 Å². The molecule has 1 aromatic rings. The van der Waals surface area contributed by atoms with E-state index in [0.29, 0.717) is 12.8 Å². The topological polar surface area (TPSA) is 83.5 Å². The van der Waals surface area contributed by atoms with Crippen LogP contribution >= 0.6 is 11.6 Å². The summed E-state index contributed by atoms with van der Waals surface area (Å²) in [4.78, 5) is 11.9. The van der Waals surface area contributed by atoms with Crippen molar-refractivity contribution in [3.05, 3.63) is 28.8 Å². The number of aromatic hydroxyl groups is 1. The summed E-state index contributed by atoms with van der Waals surface area (Å²) in [5.41, 5.74) is 0.136. The van der Waals surface area contributed by atoms with Crippen molar-refractivity contribution in [1.29, 1.82) is 0 Å². The molecule has 1 aliphatic heterocycles. The number of carbonyl (C=O) groups is 1. The lowest BCUT2D eigenvalue weighted by Crippen LogP contribution is -2.34. The molecule has 0 spiro atoms. The maximum absolute atomic E-state index is 11.9. The molecular formula is C12H14ClNO4S. The lowest BCUT2D eigenvalue weighted by Gasteiger charge is -2.11.